The van der Waals surface area contributed by atoms with E-state index in [-0.39, 0.29) is 0 Å². The van der Waals surface area contributed by atoms with Crippen molar-refractivity contribution in [2.75, 3.05) is 0 Å². The second-order valence-corrected chi connectivity index (χ2v) is 3.27. The predicted molar refractivity (Wildman–Crippen MR) is 36.3 cm³/mol. The maximum absolute atomic E-state index is 11.8. The van der Waals surface area contributed by atoms with Crippen molar-refractivity contribution in [3.05, 3.63) is 0 Å². The van der Waals surface area contributed by atoms with E-state index in [4.69, 9.17) is 4.74 Å². The molecule has 10 heavy (non-hydrogen) atoms. The van der Waals surface area contributed by atoms with Gasteiger partial charge in [0, 0.05) is 0 Å². The van der Waals surface area contributed by atoms with Crippen LogP contribution in [-0.4, -0.2) is 18.1 Å². The van der Waals surface area contributed by atoms with E-state index >= 15 is 0 Å². The topological polar surface area (TPSA) is 9.23 Å². The van der Waals surface area contributed by atoms with E-state index in [1.54, 1.807) is 20.8 Å². The molecule has 0 heterocycles. The minimum absolute atomic E-state index is 0.476. The highest BCUT2D eigenvalue weighted by atomic mass is 19.3. The lowest BCUT2D eigenvalue weighted by Crippen LogP contribution is -2.29. The van der Waals surface area contributed by atoms with Gasteiger partial charge in [-0.2, -0.15) is 0 Å². The molecular formula is C7H14F2O. The van der Waals surface area contributed by atoms with Gasteiger partial charge in [-0.05, 0) is 27.7 Å². The van der Waals surface area contributed by atoms with Gasteiger partial charge in [0.05, 0.1) is 5.60 Å². The van der Waals surface area contributed by atoms with Crippen LogP contribution in [0.1, 0.15) is 27.7 Å². The van der Waals surface area contributed by atoms with Crippen molar-refractivity contribution in [1.82, 2.24) is 0 Å². The standard InChI is InChI=1S/C7H14F2O/c1-5(6(8)9)10-7(2,3)4/h5-6H,1-4H3. The third-order valence-electron chi connectivity index (χ3n) is 0.894. The van der Waals surface area contributed by atoms with E-state index in [0.717, 1.165) is 0 Å². The molecule has 1 unspecified atom stereocenters. The molecule has 0 N–H and O–H groups in total. The van der Waals surface area contributed by atoms with Crippen molar-refractivity contribution in [3.8, 4) is 0 Å². The molecule has 0 aromatic heterocycles. The van der Waals surface area contributed by atoms with Gasteiger partial charge in [0.1, 0.15) is 6.10 Å². The summed E-state index contributed by atoms with van der Waals surface area (Å²) in [5.41, 5.74) is -0.476. The monoisotopic (exact) mass is 152 g/mol. The third-order valence-corrected chi connectivity index (χ3v) is 0.894. The van der Waals surface area contributed by atoms with Crippen LogP contribution in [0.3, 0.4) is 0 Å². The van der Waals surface area contributed by atoms with E-state index in [9.17, 15) is 8.78 Å². The van der Waals surface area contributed by atoms with Crippen molar-refractivity contribution in [2.24, 2.45) is 0 Å². The Kier molecular flexibility index (Phi) is 3.22. The van der Waals surface area contributed by atoms with Gasteiger partial charge in [0.25, 0.3) is 6.43 Å². The molecule has 0 spiro atoms. The zero-order valence-electron chi connectivity index (χ0n) is 6.82. The maximum atomic E-state index is 11.8. The Morgan fingerprint density at radius 3 is 1.70 bits per heavy atom. The molecule has 0 fully saturated rings. The molecule has 0 aliphatic rings. The van der Waals surface area contributed by atoms with Crippen molar-refractivity contribution < 1.29 is 13.5 Å². The summed E-state index contributed by atoms with van der Waals surface area (Å²) < 4.78 is 28.6. The molecule has 0 aromatic rings. The SMILES string of the molecule is CC(OC(C)(C)C)C(F)F. The van der Waals surface area contributed by atoms with E-state index in [1.807, 2.05) is 0 Å². The predicted octanol–water partition coefficient (Wildman–Crippen LogP) is 2.46. The minimum Gasteiger partial charge on any atom is -0.367 e. The Labute approximate surface area is 60.4 Å². The highest BCUT2D eigenvalue weighted by molar-refractivity contribution is 4.63. The second-order valence-electron chi connectivity index (χ2n) is 3.27. The van der Waals surface area contributed by atoms with Crippen LogP contribution in [-0.2, 0) is 4.74 Å². The number of rotatable bonds is 2. The molecule has 0 bridgehead atoms. The Morgan fingerprint density at radius 2 is 1.60 bits per heavy atom. The van der Waals surface area contributed by atoms with E-state index in [0.29, 0.717) is 0 Å². The largest absolute Gasteiger partial charge is 0.367 e. The van der Waals surface area contributed by atoms with Crippen molar-refractivity contribution >= 4 is 0 Å². The quantitative estimate of drug-likeness (QED) is 0.590. The maximum Gasteiger partial charge on any atom is 0.264 e. The lowest BCUT2D eigenvalue weighted by molar-refractivity contribution is -0.113. The molecule has 0 aliphatic heterocycles. The average Bonchev–Trinajstić information content (AvgIpc) is 1.60. The fourth-order valence-corrected chi connectivity index (χ4v) is 0.609. The number of alkyl halides is 2. The highest BCUT2D eigenvalue weighted by Crippen LogP contribution is 2.14. The molecule has 0 radical (unpaired) electrons. The van der Waals surface area contributed by atoms with Crippen LogP contribution >= 0.6 is 0 Å². The molecule has 0 rings (SSSR count). The molecule has 62 valence electrons. The summed E-state index contributed by atoms with van der Waals surface area (Å²) in [5.74, 6) is 0. The van der Waals surface area contributed by atoms with Crippen molar-refractivity contribution in [2.45, 2.75) is 45.8 Å². The van der Waals surface area contributed by atoms with Crippen LogP contribution in [0.4, 0.5) is 8.78 Å². The lowest BCUT2D eigenvalue weighted by atomic mass is 10.2. The summed E-state index contributed by atoms with van der Waals surface area (Å²) in [4.78, 5) is 0. The lowest BCUT2D eigenvalue weighted by Gasteiger charge is -2.24. The Morgan fingerprint density at radius 1 is 1.20 bits per heavy atom. The summed E-state index contributed by atoms with van der Waals surface area (Å²) in [6, 6.07) is 0. The van der Waals surface area contributed by atoms with Crippen LogP contribution < -0.4 is 0 Å². The number of hydrogen-bond donors (Lipinski definition) is 0. The first-order chi connectivity index (χ1) is 4.33. The number of hydrogen-bond acceptors (Lipinski definition) is 1. The number of ether oxygens (including phenoxy) is 1. The van der Waals surface area contributed by atoms with Crippen LogP contribution in [0, 0.1) is 0 Å². The zero-order valence-corrected chi connectivity index (χ0v) is 6.82. The van der Waals surface area contributed by atoms with Crippen LogP contribution in [0.2, 0.25) is 0 Å². The first-order valence-electron chi connectivity index (χ1n) is 3.29. The third kappa shape index (κ3) is 4.68. The summed E-state index contributed by atoms with van der Waals surface area (Å²) in [6.07, 6.45) is -3.36. The van der Waals surface area contributed by atoms with Gasteiger partial charge < -0.3 is 4.74 Å². The molecule has 3 heteroatoms. The summed E-state index contributed by atoms with van der Waals surface area (Å²) in [6.45, 7) is 6.64. The first-order valence-corrected chi connectivity index (χ1v) is 3.29. The van der Waals surface area contributed by atoms with Crippen LogP contribution in [0.15, 0.2) is 0 Å². The van der Waals surface area contributed by atoms with Gasteiger partial charge in [-0.3, -0.25) is 0 Å². The van der Waals surface area contributed by atoms with Gasteiger partial charge in [-0.25, -0.2) is 8.78 Å². The normalized spacial score (nSPS) is 15.9. The van der Waals surface area contributed by atoms with Crippen LogP contribution in [0.5, 0.6) is 0 Å². The van der Waals surface area contributed by atoms with Gasteiger partial charge >= 0.3 is 0 Å². The molecule has 0 saturated carbocycles. The van der Waals surface area contributed by atoms with E-state index < -0.39 is 18.1 Å². The van der Waals surface area contributed by atoms with Crippen LogP contribution in [0.25, 0.3) is 0 Å². The molecule has 0 aromatic carbocycles. The van der Waals surface area contributed by atoms with Gasteiger partial charge in [-0.15, -0.1) is 0 Å². The summed E-state index contributed by atoms with van der Waals surface area (Å²) in [5, 5.41) is 0. The van der Waals surface area contributed by atoms with Crippen molar-refractivity contribution in [3.63, 3.8) is 0 Å². The molecule has 0 amide bonds. The molecular weight excluding hydrogens is 138 g/mol. The van der Waals surface area contributed by atoms with Gasteiger partial charge in [0.15, 0.2) is 0 Å². The summed E-state index contributed by atoms with van der Waals surface area (Å²) >= 11 is 0. The minimum atomic E-state index is -2.39. The first kappa shape index (κ1) is 9.82. The van der Waals surface area contributed by atoms with E-state index in [2.05, 4.69) is 0 Å². The van der Waals surface area contributed by atoms with Gasteiger partial charge in [-0.1, -0.05) is 0 Å². The number of halogens is 2. The second kappa shape index (κ2) is 3.28. The van der Waals surface area contributed by atoms with Crippen molar-refractivity contribution in [1.29, 1.82) is 0 Å². The molecule has 1 nitrogen and oxygen atoms in total. The fourth-order valence-electron chi connectivity index (χ4n) is 0.609. The summed E-state index contributed by atoms with van der Waals surface area (Å²) in [7, 11) is 0. The molecule has 0 saturated heterocycles. The molecule has 0 aliphatic carbocycles. The Hall–Kier alpha value is -0.180. The highest BCUT2D eigenvalue weighted by Gasteiger charge is 2.21. The smallest absolute Gasteiger partial charge is 0.264 e. The Balaban J connectivity index is 3.68. The fraction of sp³-hybridized carbons (Fsp3) is 1.00. The van der Waals surface area contributed by atoms with E-state index in [1.165, 1.54) is 6.92 Å². The zero-order chi connectivity index (χ0) is 8.36. The average molecular weight is 152 g/mol. The molecule has 1 atom stereocenters. The van der Waals surface area contributed by atoms with Gasteiger partial charge in [0.2, 0.25) is 0 Å². The Bertz CT molecular complexity index is 96.3.